The second-order valence-electron chi connectivity index (χ2n) is 6.12. The lowest BCUT2D eigenvalue weighted by atomic mass is 10.1. The molecule has 0 radical (unpaired) electrons. The zero-order valence-corrected chi connectivity index (χ0v) is 13.1. The van der Waals surface area contributed by atoms with Crippen LogP contribution in [0.2, 0.25) is 0 Å². The van der Waals surface area contributed by atoms with Crippen molar-refractivity contribution >= 4 is 23.0 Å². The number of aliphatic carboxylic acids is 1. The summed E-state index contributed by atoms with van der Waals surface area (Å²) in [6.07, 6.45) is 2.55. The van der Waals surface area contributed by atoms with E-state index in [1.54, 1.807) is 13.8 Å². The van der Waals surface area contributed by atoms with Crippen LogP contribution in [0.3, 0.4) is 0 Å². The Balaban J connectivity index is 1.86. The molecule has 2 aromatic heterocycles. The van der Waals surface area contributed by atoms with E-state index in [1.807, 2.05) is 6.07 Å². The lowest BCUT2D eigenvalue weighted by Gasteiger charge is -2.13. The van der Waals surface area contributed by atoms with Gasteiger partial charge in [0.25, 0.3) is 11.6 Å². The predicted molar refractivity (Wildman–Crippen MR) is 82.3 cm³/mol. The molecular formula is C16H19N3O4. The van der Waals surface area contributed by atoms with Gasteiger partial charge >= 0.3 is 5.97 Å². The standard InChI is InChI=1S/C16H19N3O4/c1-8(3-6-13(20)21)17-15(22)11-7-12(10-4-5-10)18-16-14(11)9(2)19-23-16/h7-8,10H,3-6H2,1-2H3,(H,17,22)(H,20,21). The summed E-state index contributed by atoms with van der Waals surface area (Å²) in [7, 11) is 0. The fourth-order valence-electron chi connectivity index (χ4n) is 2.59. The number of carboxylic acid groups (broad SMARTS) is 1. The van der Waals surface area contributed by atoms with Crippen LogP contribution in [0, 0.1) is 6.92 Å². The Kier molecular flexibility index (Phi) is 4.02. The first-order valence-electron chi connectivity index (χ1n) is 7.75. The van der Waals surface area contributed by atoms with Gasteiger partial charge in [-0.3, -0.25) is 9.59 Å². The third-order valence-electron chi connectivity index (χ3n) is 4.05. The number of hydrogen-bond acceptors (Lipinski definition) is 5. The number of pyridine rings is 1. The van der Waals surface area contributed by atoms with E-state index in [1.165, 1.54) is 0 Å². The number of aryl methyl sites for hydroxylation is 1. The topological polar surface area (TPSA) is 105 Å². The maximum Gasteiger partial charge on any atom is 0.303 e. The molecule has 0 aromatic carbocycles. The molecule has 1 atom stereocenters. The smallest absolute Gasteiger partial charge is 0.303 e. The van der Waals surface area contributed by atoms with Gasteiger partial charge in [-0.2, -0.15) is 0 Å². The average Bonchev–Trinajstić information content (AvgIpc) is 3.29. The number of carboxylic acids is 1. The van der Waals surface area contributed by atoms with E-state index in [9.17, 15) is 9.59 Å². The quantitative estimate of drug-likeness (QED) is 0.847. The molecule has 2 aromatic rings. The number of carbonyl (C=O) groups is 2. The summed E-state index contributed by atoms with van der Waals surface area (Å²) >= 11 is 0. The summed E-state index contributed by atoms with van der Waals surface area (Å²) in [5.41, 5.74) is 2.36. The molecule has 2 N–H and O–H groups in total. The summed E-state index contributed by atoms with van der Waals surface area (Å²) < 4.78 is 5.22. The fraction of sp³-hybridized carbons (Fsp3) is 0.500. The molecule has 1 amide bonds. The van der Waals surface area contributed by atoms with Gasteiger partial charge in [0.1, 0.15) is 0 Å². The van der Waals surface area contributed by atoms with Crippen LogP contribution in [0.25, 0.3) is 11.1 Å². The fourth-order valence-corrected chi connectivity index (χ4v) is 2.59. The van der Waals surface area contributed by atoms with E-state index in [4.69, 9.17) is 9.63 Å². The Morgan fingerprint density at radius 1 is 1.48 bits per heavy atom. The third-order valence-corrected chi connectivity index (χ3v) is 4.05. The summed E-state index contributed by atoms with van der Waals surface area (Å²) in [4.78, 5) is 27.7. The van der Waals surface area contributed by atoms with Gasteiger partial charge in [-0.25, -0.2) is 4.98 Å². The normalized spacial score (nSPS) is 15.6. The molecule has 0 bridgehead atoms. The van der Waals surface area contributed by atoms with E-state index in [0.29, 0.717) is 34.7 Å². The maximum atomic E-state index is 12.6. The van der Waals surface area contributed by atoms with Crippen LogP contribution >= 0.6 is 0 Å². The van der Waals surface area contributed by atoms with E-state index in [0.717, 1.165) is 18.5 Å². The van der Waals surface area contributed by atoms with Crippen LogP contribution in [0.1, 0.15) is 60.3 Å². The SMILES string of the molecule is Cc1noc2nc(C3CC3)cc(C(=O)NC(C)CCC(=O)O)c12. The molecule has 2 heterocycles. The van der Waals surface area contributed by atoms with Crippen molar-refractivity contribution in [3.05, 3.63) is 23.0 Å². The largest absolute Gasteiger partial charge is 0.481 e. The second kappa shape index (κ2) is 5.98. The molecule has 1 unspecified atom stereocenters. The Morgan fingerprint density at radius 2 is 2.22 bits per heavy atom. The molecule has 0 saturated heterocycles. The predicted octanol–water partition coefficient (Wildman–Crippen LogP) is 2.39. The molecule has 7 heteroatoms. The van der Waals surface area contributed by atoms with Gasteiger partial charge in [0, 0.05) is 24.1 Å². The van der Waals surface area contributed by atoms with Gasteiger partial charge in [-0.1, -0.05) is 5.16 Å². The molecular weight excluding hydrogens is 298 g/mol. The molecule has 0 spiro atoms. The Hall–Kier alpha value is -2.44. The number of rotatable bonds is 6. The monoisotopic (exact) mass is 317 g/mol. The molecule has 7 nitrogen and oxygen atoms in total. The molecule has 1 aliphatic rings. The zero-order valence-electron chi connectivity index (χ0n) is 13.1. The van der Waals surface area contributed by atoms with Crippen molar-refractivity contribution in [1.29, 1.82) is 0 Å². The number of hydrogen-bond donors (Lipinski definition) is 2. The first-order valence-corrected chi connectivity index (χ1v) is 7.75. The van der Waals surface area contributed by atoms with Crippen molar-refractivity contribution in [3.8, 4) is 0 Å². The van der Waals surface area contributed by atoms with Gasteiger partial charge in [0.05, 0.1) is 16.6 Å². The highest BCUT2D eigenvalue weighted by atomic mass is 16.5. The van der Waals surface area contributed by atoms with Crippen LogP contribution in [0.15, 0.2) is 10.6 Å². The number of nitrogens with zero attached hydrogens (tertiary/aromatic N) is 2. The first kappa shape index (κ1) is 15.5. The van der Waals surface area contributed by atoms with Crippen molar-refractivity contribution < 1.29 is 19.2 Å². The van der Waals surface area contributed by atoms with Gasteiger partial charge in [-0.15, -0.1) is 0 Å². The van der Waals surface area contributed by atoms with Crippen molar-refractivity contribution in [2.45, 2.75) is 51.5 Å². The van der Waals surface area contributed by atoms with Crippen LogP contribution in [-0.2, 0) is 4.79 Å². The Morgan fingerprint density at radius 3 is 2.87 bits per heavy atom. The van der Waals surface area contributed by atoms with Crippen LogP contribution < -0.4 is 5.32 Å². The van der Waals surface area contributed by atoms with Crippen LogP contribution in [0.4, 0.5) is 0 Å². The summed E-state index contributed by atoms with van der Waals surface area (Å²) in [6.45, 7) is 3.57. The molecule has 3 rings (SSSR count). The first-order chi connectivity index (χ1) is 11.0. The summed E-state index contributed by atoms with van der Waals surface area (Å²) in [5.74, 6) is -0.729. The van der Waals surface area contributed by atoms with Crippen molar-refractivity contribution in [2.24, 2.45) is 0 Å². The number of fused-ring (bicyclic) bond motifs is 1. The Bertz CT molecular complexity index is 764. The number of amides is 1. The average molecular weight is 317 g/mol. The lowest BCUT2D eigenvalue weighted by Crippen LogP contribution is -2.33. The third kappa shape index (κ3) is 3.33. The lowest BCUT2D eigenvalue weighted by molar-refractivity contribution is -0.137. The highest BCUT2D eigenvalue weighted by Crippen LogP contribution is 2.40. The van der Waals surface area contributed by atoms with Crippen LogP contribution in [0.5, 0.6) is 0 Å². The van der Waals surface area contributed by atoms with Gasteiger partial charge in [-0.05, 0) is 39.2 Å². The minimum atomic E-state index is -0.872. The molecule has 1 saturated carbocycles. The summed E-state index contributed by atoms with van der Waals surface area (Å²) in [6, 6.07) is 1.58. The van der Waals surface area contributed by atoms with E-state index < -0.39 is 5.97 Å². The second-order valence-corrected chi connectivity index (χ2v) is 6.12. The van der Waals surface area contributed by atoms with Crippen molar-refractivity contribution in [1.82, 2.24) is 15.5 Å². The van der Waals surface area contributed by atoms with Crippen LogP contribution in [-0.4, -0.2) is 33.2 Å². The van der Waals surface area contributed by atoms with E-state index in [2.05, 4.69) is 15.5 Å². The minimum absolute atomic E-state index is 0.0207. The molecule has 1 aliphatic carbocycles. The minimum Gasteiger partial charge on any atom is -0.481 e. The maximum absolute atomic E-state index is 12.6. The highest BCUT2D eigenvalue weighted by molar-refractivity contribution is 6.06. The van der Waals surface area contributed by atoms with Gasteiger partial charge in [0.15, 0.2) is 0 Å². The van der Waals surface area contributed by atoms with Crippen molar-refractivity contribution in [3.63, 3.8) is 0 Å². The molecule has 23 heavy (non-hydrogen) atoms. The molecule has 1 fully saturated rings. The number of aromatic nitrogens is 2. The van der Waals surface area contributed by atoms with Gasteiger partial charge < -0.3 is 14.9 Å². The highest BCUT2D eigenvalue weighted by Gasteiger charge is 2.28. The molecule has 0 aliphatic heterocycles. The van der Waals surface area contributed by atoms with Crippen molar-refractivity contribution in [2.75, 3.05) is 0 Å². The number of carbonyl (C=O) groups excluding carboxylic acids is 1. The van der Waals surface area contributed by atoms with E-state index in [-0.39, 0.29) is 18.4 Å². The zero-order chi connectivity index (χ0) is 16.6. The Labute approximate surface area is 133 Å². The number of nitrogens with one attached hydrogen (secondary N) is 1. The van der Waals surface area contributed by atoms with E-state index >= 15 is 0 Å². The van der Waals surface area contributed by atoms with Gasteiger partial charge in [0.2, 0.25) is 0 Å². The summed E-state index contributed by atoms with van der Waals surface area (Å²) in [5, 5.41) is 16.1. The molecule has 122 valence electrons.